The van der Waals surface area contributed by atoms with Crippen LogP contribution >= 0.6 is 0 Å². The van der Waals surface area contributed by atoms with Crippen LogP contribution in [-0.2, 0) is 14.3 Å². The lowest BCUT2D eigenvalue weighted by atomic mass is 9.95. The molecule has 0 saturated carbocycles. The molecule has 1 saturated heterocycles. The molecule has 0 bridgehead atoms. The summed E-state index contributed by atoms with van der Waals surface area (Å²) in [5.41, 5.74) is -0.570. The van der Waals surface area contributed by atoms with Gasteiger partial charge in [-0.25, -0.2) is 0 Å². The van der Waals surface area contributed by atoms with Crippen molar-refractivity contribution >= 4 is 5.97 Å². The molecule has 1 aliphatic rings. The first-order valence-corrected chi connectivity index (χ1v) is 7.18. The second kappa shape index (κ2) is 7.82. The quantitative estimate of drug-likeness (QED) is 0.702. The van der Waals surface area contributed by atoms with E-state index in [4.69, 9.17) is 9.47 Å². The van der Waals surface area contributed by atoms with Gasteiger partial charge in [0.15, 0.2) is 0 Å². The minimum atomic E-state index is -0.570. The number of nitrogens with one attached hydrogen (secondary N) is 1. The van der Waals surface area contributed by atoms with Crippen molar-refractivity contribution in [2.75, 3.05) is 40.0 Å². The average molecular weight is 272 g/mol. The van der Waals surface area contributed by atoms with E-state index in [1.54, 1.807) is 0 Å². The van der Waals surface area contributed by atoms with Gasteiger partial charge in [0.25, 0.3) is 0 Å². The number of morpholine rings is 1. The Bertz CT molecular complexity index is 286. The van der Waals surface area contributed by atoms with Crippen LogP contribution < -0.4 is 5.32 Å². The number of hydrogen-bond donors (Lipinski definition) is 1. The third-order valence-electron chi connectivity index (χ3n) is 3.83. The summed E-state index contributed by atoms with van der Waals surface area (Å²) in [6, 6.07) is 0.470. The third kappa shape index (κ3) is 4.75. The van der Waals surface area contributed by atoms with E-state index in [1.165, 1.54) is 7.11 Å². The zero-order valence-corrected chi connectivity index (χ0v) is 12.7. The predicted octanol–water partition coefficient (Wildman–Crippen LogP) is 1.03. The SMILES string of the molecule is CCNC(C)(CCCN1CCOCC1C)C(=O)OC. The van der Waals surface area contributed by atoms with Gasteiger partial charge in [0.2, 0.25) is 0 Å². The number of esters is 1. The van der Waals surface area contributed by atoms with Gasteiger partial charge in [-0.15, -0.1) is 0 Å². The first kappa shape index (κ1) is 16.4. The summed E-state index contributed by atoms with van der Waals surface area (Å²) in [5.74, 6) is -0.177. The molecule has 1 fully saturated rings. The summed E-state index contributed by atoms with van der Waals surface area (Å²) in [4.78, 5) is 14.3. The highest BCUT2D eigenvalue weighted by atomic mass is 16.5. The van der Waals surface area contributed by atoms with Crippen molar-refractivity contribution in [2.24, 2.45) is 0 Å². The summed E-state index contributed by atoms with van der Waals surface area (Å²) in [6.07, 6.45) is 1.76. The van der Waals surface area contributed by atoms with Gasteiger partial charge >= 0.3 is 5.97 Å². The van der Waals surface area contributed by atoms with E-state index in [9.17, 15) is 4.79 Å². The lowest BCUT2D eigenvalue weighted by Gasteiger charge is -2.34. The lowest BCUT2D eigenvalue weighted by molar-refractivity contribution is -0.148. The Hall–Kier alpha value is -0.650. The van der Waals surface area contributed by atoms with E-state index in [0.717, 1.165) is 45.7 Å². The van der Waals surface area contributed by atoms with Crippen LogP contribution in [0.1, 0.15) is 33.6 Å². The lowest BCUT2D eigenvalue weighted by Crippen LogP contribution is -2.51. The zero-order chi connectivity index (χ0) is 14.3. The van der Waals surface area contributed by atoms with Gasteiger partial charge in [0, 0.05) is 12.6 Å². The fraction of sp³-hybridized carbons (Fsp3) is 0.929. The minimum absolute atomic E-state index is 0.177. The molecular formula is C14H28N2O3. The van der Waals surface area contributed by atoms with Crippen molar-refractivity contribution in [1.29, 1.82) is 0 Å². The summed E-state index contributed by atoms with van der Waals surface area (Å²) in [5, 5.41) is 3.24. The smallest absolute Gasteiger partial charge is 0.325 e. The maximum absolute atomic E-state index is 11.9. The topological polar surface area (TPSA) is 50.8 Å². The highest BCUT2D eigenvalue weighted by Gasteiger charge is 2.33. The molecule has 2 atom stereocenters. The highest BCUT2D eigenvalue weighted by molar-refractivity contribution is 5.80. The van der Waals surface area contributed by atoms with Crippen LogP contribution in [0.5, 0.6) is 0 Å². The van der Waals surface area contributed by atoms with E-state index < -0.39 is 5.54 Å². The Balaban J connectivity index is 2.41. The molecule has 1 N–H and O–H groups in total. The first-order valence-electron chi connectivity index (χ1n) is 7.18. The molecule has 0 aliphatic carbocycles. The van der Waals surface area contributed by atoms with Gasteiger partial charge in [-0.05, 0) is 39.8 Å². The molecule has 5 nitrogen and oxygen atoms in total. The number of ether oxygens (including phenoxy) is 2. The number of rotatable bonds is 7. The molecule has 19 heavy (non-hydrogen) atoms. The van der Waals surface area contributed by atoms with Crippen LogP contribution in [0, 0.1) is 0 Å². The standard InChI is InChI=1S/C14H28N2O3/c1-5-15-14(3,13(17)18-4)7-6-8-16-9-10-19-11-12(16)2/h12,15H,5-11H2,1-4H3. The van der Waals surface area contributed by atoms with E-state index in [-0.39, 0.29) is 5.97 Å². The van der Waals surface area contributed by atoms with Crippen LogP contribution in [0.4, 0.5) is 0 Å². The molecule has 0 aromatic heterocycles. The summed E-state index contributed by atoms with van der Waals surface area (Å²) < 4.78 is 10.3. The molecule has 5 heteroatoms. The van der Waals surface area contributed by atoms with Crippen LogP contribution in [0.25, 0.3) is 0 Å². The van der Waals surface area contributed by atoms with E-state index in [2.05, 4.69) is 17.1 Å². The Morgan fingerprint density at radius 2 is 2.32 bits per heavy atom. The summed E-state index contributed by atoms with van der Waals surface area (Å²) >= 11 is 0. The number of carbonyl (C=O) groups is 1. The molecule has 0 aromatic carbocycles. The van der Waals surface area contributed by atoms with Crippen molar-refractivity contribution < 1.29 is 14.3 Å². The molecule has 0 spiro atoms. The molecule has 0 aromatic rings. The Labute approximate surface area is 116 Å². The largest absolute Gasteiger partial charge is 0.468 e. The van der Waals surface area contributed by atoms with Crippen LogP contribution in [0.2, 0.25) is 0 Å². The van der Waals surface area contributed by atoms with Crippen LogP contribution in [0.15, 0.2) is 0 Å². The minimum Gasteiger partial charge on any atom is -0.468 e. The normalized spacial score (nSPS) is 23.9. The highest BCUT2D eigenvalue weighted by Crippen LogP contribution is 2.16. The van der Waals surface area contributed by atoms with Crippen molar-refractivity contribution in [3.05, 3.63) is 0 Å². The monoisotopic (exact) mass is 272 g/mol. The van der Waals surface area contributed by atoms with Crippen molar-refractivity contribution in [3.8, 4) is 0 Å². The average Bonchev–Trinajstić information content (AvgIpc) is 2.40. The van der Waals surface area contributed by atoms with Gasteiger partial charge < -0.3 is 14.8 Å². The molecule has 2 unspecified atom stereocenters. The molecule has 1 heterocycles. The number of methoxy groups -OCH3 is 1. The fourth-order valence-electron chi connectivity index (χ4n) is 2.61. The van der Waals surface area contributed by atoms with E-state index in [0.29, 0.717) is 6.04 Å². The number of likely N-dealkylation sites (N-methyl/N-ethyl adjacent to an activating group) is 1. The molecule has 1 rings (SSSR count). The zero-order valence-electron chi connectivity index (χ0n) is 12.7. The Morgan fingerprint density at radius 3 is 2.89 bits per heavy atom. The van der Waals surface area contributed by atoms with Crippen LogP contribution in [-0.4, -0.2) is 62.4 Å². The molecule has 1 aliphatic heterocycles. The Morgan fingerprint density at radius 1 is 1.58 bits per heavy atom. The van der Waals surface area contributed by atoms with E-state index >= 15 is 0 Å². The second-order valence-corrected chi connectivity index (χ2v) is 5.42. The van der Waals surface area contributed by atoms with Crippen LogP contribution in [0.3, 0.4) is 0 Å². The third-order valence-corrected chi connectivity index (χ3v) is 3.83. The molecule has 0 radical (unpaired) electrons. The van der Waals surface area contributed by atoms with Gasteiger partial charge in [0.1, 0.15) is 5.54 Å². The van der Waals surface area contributed by atoms with Gasteiger partial charge in [-0.2, -0.15) is 0 Å². The second-order valence-electron chi connectivity index (χ2n) is 5.42. The predicted molar refractivity (Wildman–Crippen MR) is 75.2 cm³/mol. The molecule has 112 valence electrons. The molecule has 0 amide bonds. The van der Waals surface area contributed by atoms with Crippen molar-refractivity contribution in [1.82, 2.24) is 10.2 Å². The number of hydrogen-bond acceptors (Lipinski definition) is 5. The van der Waals surface area contributed by atoms with Gasteiger partial charge in [-0.3, -0.25) is 9.69 Å². The summed E-state index contributed by atoms with van der Waals surface area (Å²) in [7, 11) is 1.45. The van der Waals surface area contributed by atoms with Gasteiger partial charge in [-0.1, -0.05) is 6.92 Å². The maximum atomic E-state index is 11.9. The van der Waals surface area contributed by atoms with Crippen molar-refractivity contribution in [3.63, 3.8) is 0 Å². The number of carbonyl (C=O) groups excluding carboxylic acids is 1. The molecular weight excluding hydrogens is 244 g/mol. The number of nitrogens with zero attached hydrogens (tertiary/aromatic N) is 1. The fourth-order valence-corrected chi connectivity index (χ4v) is 2.61. The van der Waals surface area contributed by atoms with Gasteiger partial charge in [0.05, 0.1) is 20.3 Å². The Kier molecular flexibility index (Phi) is 6.75. The van der Waals surface area contributed by atoms with Crippen molar-refractivity contribution in [2.45, 2.75) is 45.2 Å². The van der Waals surface area contributed by atoms with E-state index in [1.807, 2.05) is 13.8 Å². The first-order chi connectivity index (χ1) is 9.03. The summed E-state index contributed by atoms with van der Waals surface area (Å²) in [6.45, 7) is 10.5. The maximum Gasteiger partial charge on any atom is 0.325 e.